The van der Waals surface area contributed by atoms with Crippen molar-refractivity contribution in [1.29, 1.82) is 0 Å². The van der Waals surface area contributed by atoms with Crippen LogP contribution in [0.5, 0.6) is 5.88 Å². The molecule has 4 rings (SSSR count). The lowest BCUT2D eigenvalue weighted by Gasteiger charge is -2.08. The van der Waals surface area contributed by atoms with Gasteiger partial charge in [-0.3, -0.25) is 19.3 Å². The Morgan fingerprint density at radius 3 is 2.81 bits per heavy atom. The summed E-state index contributed by atoms with van der Waals surface area (Å²) in [5.74, 6) is 0.797. The number of aromatic nitrogens is 4. The summed E-state index contributed by atoms with van der Waals surface area (Å²) in [6, 6.07) is 3.65. The number of rotatable bonds is 10. The molecule has 1 saturated carbocycles. The number of fused-ring (bicyclic) bond motifs is 1. The first-order valence-electron chi connectivity index (χ1n) is 10.6. The first kappa shape index (κ1) is 22.0. The molecular formula is C22H25ClN6O3. The molecule has 0 bridgehead atoms. The topological polar surface area (TPSA) is 111 Å². The summed E-state index contributed by atoms with van der Waals surface area (Å²) in [7, 11) is 0. The molecule has 168 valence electrons. The van der Waals surface area contributed by atoms with E-state index in [-0.39, 0.29) is 18.2 Å². The van der Waals surface area contributed by atoms with Gasteiger partial charge in [0, 0.05) is 44.0 Å². The molecule has 0 aliphatic heterocycles. The van der Waals surface area contributed by atoms with Gasteiger partial charge in [0.05, 0.1) is 30.8 Å². The van der Waals surface area contributed by atoms with E-state index in [1.165, 1.54) is 19.8 Å². The van der Waals surface area contributed by atoms with E-state index in [0.717, 1.165) is 16.5 Å². The molecule has 0 aromatic carbocycles. The van der Waals surface area contributed by atoms with Crippen LogP contribution >= 0.6 is 11.6 Å². The molecule has 2 amide bonds. The zero-order valence-electron chi connectivity index (χ0n) is 17.8. The highest BCUT2D eigenvalue weighted by Crippen LogP contribution is 2.31. The van der Waals surface area contributed by atoms with E-state index in [1.54, 1.807) is 17.1 Å². The Morgan fingerprint density at radius 1 is 1.25 bits per heavy atom. The monoisotopic (exact) mass is 456 g/mol. The van der Waals surface area contributed by atoms with Crippen LogP contribution in [0.25, 0.3) is 10.9 Å². The Hall–Kier alpha value is -3.20. The SMILES string of the molecule is CC(=O)NCCNC(=O)Cc1nccc2nn(Cc3cnc(OCC4CC4)c(Cl)c3)cc12. The van der Waals surface area contributed by atoms with Crippen molar-refractivity contribution in [3.05, 3.63) is 47.0 Å². The maximum atomic E-state index is 12.2. The fraction of sp³-hybridized carbons (Fsp3) is 0.409. The molecule has 0 atom stereocenters. The molecule has 0 saturated heterocycles. The lowest BCUT2D eigenvalue weighted by atomic mass is 10.2. The maximum absolute atomic E-state index is 12.2. The van der Waals surface area contributed by atoms with E-state index in [9.17, 15) is 9.59 Å². The highest BCUT2D eigenvalue weighted by atomic mass is 35.5. The van der Waals surface area contributed by atoms with Gasteiger partial charge in [-0.1, -0.05) is 11.6 Å². The van der Waals surface area contributed by atoms with Crippen LogP contribution in [0.15, 0.2) is 30.7 Å². The van der Waals surface area contributed by atoms with Gasteiger partial charge in [0.1, 0.15) is 5.02 Å². The van der Waals surface area contributed by atoms with Crippen molar-refractivity contribution >= 4 is 34.3 Å². The standard InChI is InChI=1S/C22H25ClN6O3/c1-14(30)24-6-7-26-21(31)9-20-17-12-29(28-19(17)4-5-25-20)11-16-8-18(23)22(27-10-16)32-13-15-2-3-15/h4-5,8,10,12,15H,2-3,6-7,9,11,13H2,1H3,(H,24,30)(H,26,31). The summed E-state index contributed by atoms with van der Waals surface area (Å²) in [6.45, 7) is 3.32. The lowest BCUT2D eigenvalue weighted by Crippen LogP contribution is -2.34. The molecule has 0 spiro atoms. The fourth-order valence-corrected chi connectivity index (χ4v) is 3.50. The smallest absolute Gasteiger partial charge is 0.232 e. The molecule has 1 aliphatic carbocycles. The second-order valence-corrected chi connectivity index (χ2v) is 8.32. The molecule has 10 heteroatoms. The van der Waals surface area contributed by atoms with Gasteiger partial charge in [0.15, 0.2) is 0 Å². The Kier molecular flexibility index (Phi) is 6.84. The van der Waals surface area contributed by atoms with Crippen molar-refractivity contribution in [3.63, 3.8) is 0 Å². The number of pyridine rings is 2. The minimum absolute atomic E-state index is 0.128. The number of carbonyl (C=O) groups excluding carboxylic acids is 2. The summed E-state index contributed by atoms with van der Waals surface area (Å²) >= 11 is 6.34. The van der Waals surface area contributed by atoms with Gasteiger partial charge in [0.2, 0.25) is 17.7 Å². The first-order valence-corrected chi connectivity index (χ1v) is 10.9. The zero-order chi connectivity index (χ0) is 22.5. The first-order chi connectivity index (χ1) is 15.5. The van der Waals surface area contributed by atoms with Crippen LogP contribution in [-0.2, 0) is 22.6 Å². The summed E-state index contributed by atoms with van der Waals surface area (Å²) in [5, 5.41) is 11.3. The third kappa shape index (κ3) is 5.94. The highest BCUT2D eigenvalue weighted by molar-refractivity contribution is 6.31. The number of hydrogen-bond donors (Lipinski definition) is 2. The Bertz CT molecular complexity index is 1130. The number of carbonyl (C=O) groups is 2. The van der Waals surface area contributed by atoms with E-state index >= 15 is 0 Å². The second kappa shape index (κ2) is 9.95. The molecule has 3 aromatic rings. The van der Waals surface area contributed by atoms with Gasteiger partial charge >= 0.3 is 0 Å². The van der Waals surface area contributed by atoms with Gasteiger partial charge in [-0.2, -0.15) is 5.10 Å². The number of halogens is 1. The summed E-state index contributed by atoms with van der Waals surface area (Å²) in [4.78, 5) is 31.8. The third-order valence-electron chi connectivity index (χ3n) is 5.07. The largest absolute Gasteiger partial charge is 0.476 e. The van der Waals surface area contributed by atoms with Gasteiger partial charge < -0.3 is 15.4 Å². The normalized spacial score (nSPS) is 13.2. The molecular weight excluding hydrogens is 432 g/mol. The van der Waals surface area contributed by atoms with Crippen molar-refractivity contribution < 1.29 is 14.3 Å². The van der Waals surface area contributed by atoms with Crippen LogP contribution in [0.4, 0.5) is 0 Å². The average Bonchev–Trinajstić information content (AvgIpc) is 3.48. The quantitative estimate of drug-likeness (QED) is 0.452. The molecule has 2 N–H and O–H groups in total. The van der Waals surface area contributed by atoms with Gasteiger partial charge in [-0.25, -0.2) is 4.98 Å². The third-order valence-corrected chi connectivity index (χ3v) is 5.35. The Balaban J connectivity index is 1.39. The van der Waals surface area contributed by atoms with Crippen LogP contribution in [0.2, 0.25) is 5.02 Å². The van der Waals surface area contributed by atoms with E-state index in [0.29, 0.717) is 48.8 Å². The number of nitrogens with zero attached hydrogens (tertiary/aromatic N) is 4. The Labute approximate surface area is 190 Å². The zero-order valence-corrected chi connectivity index (χ0v) is 18.6. The average molecular weight is 457 g/mol. The molecule has 0 unspecified atom stereocenters. The Morgan fingerprint density at radius 2 is 2.06 bits per heavy atom. The van der Waals surface area contributed by atoms with Gasteiger partial charge in [0.25, 0.3) is 0 Å². The van der Waals surface area contributed by atoms with E-state index < -0.39 is 0 Å². The van der Waals surface area contributed by atoms with Crippen LogP contribution in [0.1, 0.15) is 31.0 Å². The summed E-state index contributed by atoms with van der Waals surface area (Å²) < 4.78 is 7.46. The fourth-order valence-electron chi connectivity index (χ4n) is 3.25. The lowest BCUT2D eigenvalue weighted by molar-refractivity contribution is -0.121. The minimum Gasteiger partial charge on any atom is -0.476 e. The number of hydrogen-bond acceptors (Lipinski definition) is 6. The number of amides is 2. The van der Waals surface area contributed by atoms with Crippen LogP contribution in [0, 0.1) is 5.92 Å². The second-order valence-electron chi connectivity index (χ2n) is 7.91. The minimum atomic E-state index is -0.166. The highest BCUT2D eigenvalue weighted by Gasteiger charge is 2.22. The van der Waals surface area contributed by atoms with Crippen molar-refractivity contribution in [2.24, 2.45) is 5.92 Å². The van der Waals surface area contributed by atoms with Crippen molar-refractivity contribution in [2.75, 3.05) is 19.7 Å². The molecule has 9 nitrogen and oxygen atoms in total. The molecule has 32 heavy (non-hydrogen) atoms. The molecule has 1 fully saturated rings. The van der Waals surface area contributed by atoms with Gasteiger partial charge in [-0.15, -0.1) is 0 Å². The maximum Gasteiger partial charge on any atom is 0.232 e. The van der Waals surface area contributed by atoms with Crippen LogP contribution in [0.3, 0.4) is 0 Å². The predicted octanol–water partition coefficient (Wildman–Crippen LogP) is 2.11. The van der Waals surface area contributed by atoms with Crippen LogP contribution < -0.4 is 15.4 Å². The molecule has 0 radical (unpaired) electrons. The number of ether oxygens (including phenoxy) is 1. The van der Waals surface area contributed by atoms with Crippen LogP contribution in [-0.4, -0.2) is 51.3 Å². The summed E-state index contributed by atoms with van der Waals surface area (Å²) in [5.41, 5.74) is 2.29. The molecule has 3 aromatic heterocycles. The van der Waals surface area contributed by atoms with E-state index in [2.05, 4.69) is 25.7 Å². The summed E-state index contributed by atoms with van der Waals surface area (Å²) in [6.07, 6.45) is 7.79. The predicted molar refractivity (Wildman–Crippen MR) is 119 cm³/mol. The van der Waals surface area contributed by atoms with Crippen molar-refractivity contribution in [3.8, 4) is 5.88 Å². The van der Waals surface area contributed by atoms with E-state index in [4.69, 9.17) is 16.3 Å². The van der Waals surface area contributed by atoms with E-state index in [1.807, 2.05) is 18.3 Å². The van der Waals surface area contributed by atoms with Gasteiger partial charge in [-0.05, 0) is 36.5 Å². The van der Waals surface area contributed by atoms with Crippen molar-refractivity contribution in [2.45, 2.75) is 32.7 Å². The molecule has 3 heterocycles. The van der Waals surface area contributed by atoms with Crippen molar-refractivity contribution in [1.82, 2.24) is 30.4 Å². The number of nitrogens with one attached hydrogen (secondary N) is 2. The molecule has 1 aliphatic rings.